The highest BCUT2D eigenvalue weighted by atomic mass is 16.6. The number of carbonyl (C=O) groups is 2. The van der Waals surface area contributed by atoms with Gasteiger partial charge in [0.25, 0.3) is 0 Å². The van der Waals surface area contributed by atoms with Gasteiger partial charge in [0.2, 0.25) is 0 Å². The fourth-order valence-electron chi connectivity index (χ4n) is 3.47. The van der Waals surface area contributed by atoms with Gasteiger partial charge in [0, 0.05) is 0 Å². The molecule has 0 aromatic heterocycles. The maximum Gasteiger partial charge on any atom is 0.408 e. The van der Waals surface area contributed by atoms with Crippen LogP contribution in [0.5, 0.6) is 0 Å². The third kappa shape index (κ3) is 8.02. The smallest absolute Gasteiger partial charge is 0.408 e. The molecule has 2 rings (SSSR count). The summed E-state index contributed by atoms with van der Waals surface area (Å²) in [6.45, 7) is 20.9. The minimum Gasteiger partial charge on any atom is -0.446 e. The summed E-state index contributed by atoms with van der Waals surface area (Å²) >= 11 is 0. The summed E-state index contributed by atoms with van der Waals surface area (Å²) in [5, 5.41) is 5.72. The molecule has 6 nitrogen and oxygen atoms in total. The molecule has 2 aromatic carbocycles. The molecule has 0 bridgehead atoms. The van der Waals surface area contributed by atoms with Crippen LogP contribution in [0.3, 0.4) is 0 Å². The maximum atomic E-state index is 12.4. The summed E-state index contributed by atoms with van der Waals surface area (Å²) in [5.74, 6) is 0. The van der Waals surface area contributed by atoms with E-state index in [2.05, 4.69) is 23.8 Å². The molecule has 35 heavy (non-hydrogen) atoms. The highest BCUT2D eigenvalue weighted by molar-refractivity contribution is 5.70. The van der Waals surface area contributed by atoms with Crippen LogP contribution in [-0.4, -0.2) is 24.9 Å². The van der Waals surface area contributed by atoms with E-state index in [-0.39, 0.29) is 6.61 Å². The molecule has 0 aliphatic rings. The van der Waals surface area contributed by atoms with Gasteiger partial charge < -0.3 is 20.1 Å². The first-order valence-electron chi connectivity index (χ1n) is 11.7. The molecule has 0 radical (unpaired) electrons. The number of hydrogen-bond acceptors (Lipinski definition) is 4. The lowest BCUT2D eigenvalue weighted by molar-refractivity contribution is 0.0468. The van der Waals surface area contributed by atoms with Crippen LogP contribution in [0.1, 0.15) is 70.7 Å². The lowest BCUT2D eigenvalue weighted by Gasteiger charge is -2.28. The van der Waals surface area contributed by atoms with Gasteiger partial charge in [-0.15, -0.1) is 0 Å². The monoisotopic (exact) mass is 478 g/mol. The summed E-state index contributed by atoms with van der Waals surface area (Å²) in [7, 11) is 0. The molecular formula is C29H38N2O4. The van der Waals surface area contributed by atoms with Crippen LogP contribution in [0.4, 0.5) is 9.59 Å². The fraction of sp³-hybridized carbons (Fsp3) is 0.379. The largest absolute Gasteiger partial charge is 0.446 e. The van der Waals surface area contributed by atoms with Gasteiger partial charge in [0.15, 0.2) is 0 Å². The van der Waals surface area contributed by atoms with Gasteiger partial charge in [0.05, 0.1) is 11.1 Å². The second-order valence-electron chi connectivity index (χ2n) is 10.0. The predicted octanol–water partition coefficient (Wildman–Crippen LogP) is 6.76. The number of benzene rings is 2. The SMILES string of the molecule is C=C(C)c1ccc(C(C)(C)NC(=O)OCC(C)OC(=O)NC(C)(C)c2ccc(C(=C)C)cc2)cc1. The van der Waals surface area contributed by atoms with E-state index >= 15 is 0 Å². The molecule has 2 amide bonds. The van der Waals surface area contributed by atoms with Crippen molar-refractivity contribution in [1.29, 1.82) is 0 Å². The zero-order valence-corrected chi connectivity index (χ0v) is 22.0. The summed E-state index contributed by atoms with van der Waals surface area (Å²) < 4.78 is 10.7. The molecule has 2 aromatic rings. The number of hydrogen-bond donors (Lipinski definition) is 2. The molecule has 0 fully saturated rings. The Morgan fingerprint density at radius 2 is 1.14 bits per heavy atom. The topological polar surface area (TPSA) is 76.7 Å². The molecule has 0 aliphatic carbocycles. The van der Waals surface area contributed by atoms with Crippen molar-refractivity contribution < 1.29 is 19.1 Å². The van der Waals surface area contributed by atoms with E-state index in [0.717, 1.165) is 33.4 Å². The van der Waals surface area contributed by atoms with Crippen LogP contribution in [0.15, 0.2) is 61.7 Å². The van der Waals surface area contributed by atoms with Gasteiger partial charge in [0.1, 0.15) is 12.7 Å². The van der Waals surface area contributed by atoms with Crippen LogP contribution in [0, 0.1) is 0 Å². The number of allylic oxidation sites excluding steroid dienone is 2. The van der Waals surface area contributed by atoms with Crippen molar-refractivity contribution >= 4 is 23.3 Å². The van der Waals surface area contributed by atoms with Gasteiger partial charge >= 0.3 is 12.2 Å². The second kappa shape index (κ2) is 11.3. The lowest BCUT2D eigenvalue weighted by Crippen LogP contribution is -2.44. The Bertz CT molecular complexity index is 1070. The standard InChI is InChI=1S/C29H38N2O4/c1-19(2)22-10-14-24(15-11-22)28(6,7)30-26(32)34-18-21(5)35-27(33)31-29(8,9)25-16-12-23(13-17-25)20(3)4/h10-17,21H,1,3,18H2,2,4-9H3,(H,30,32)(H,31,33). The minimum absolute atomic E-state index is 0.0718. The molecule has 0 aliphatic heterocycles. The normalized spacial score (nSPS) is 12.3. The third-order valence-corrected chi connectivity index (χ3v) is 5.79. The average Bonchev–Trinajstić information content (AvgIpc) is 2.77. The predicted molar refractivity (Wildman–Crippen MR) is 142 cm³/mol. The van der Waals surface area contributed by atoms with Gasteiger partial charge in [-0.1, -0.05) is 72.8 Å². The number of nitrogens with one attached hydrogen (secondary N) is 2. The first-order chi connectivity index (χ1) is 16.2. The Kier molecular flexibility index (Phi) is 8.91. The summed E-state index contributed by atoms with van der Waals surface area (Å²) in [4.78, 5) is 24.8. The Balaban J connectivity index is 1.85. The summed E-state index contributed by atoms with van der Waals surface area (Å²) in [5.41, 5.74) is 4.62. The highest BCUT2D eigenvalue weighted by Crippen LogP contribution is 2.24. The van der Waals surface area contributed by atoms with Crippen molar-refractivity contribution in [2.75, 3.05) is 6.61 Å². The van der Waals surface area contributed by atoms with E-state index in [1.807, 2.05) is 90.1 Å². The quantitative estimate of drug-likeness (QED) is 0.417. The van der Waals surface area contributed by atoms with Crippen molar-refractivity contribution in [2.24, 2.45) is 0 Å². The van der Waals surface area contributed by atoms with Crippen LogP contribution < -0.4 is 10.6 Å². The first-order valence-corrected chi connectivity index (χ1v) is 11.7. The van der Waals surface area contributed by atoms with Crippen molar-refractivity contribution in [3.8, 4) is 0 Å². The van der Waals surface area contributed by atoms with E-state index in [0.29, 0.717) is 0 Å². The van der Waals surface area contributed by atoms with Gasteiger partial charge in [-0.25, -0.2) is 9.59 Å². The van der Waals surface area contributed by atoms with Crippen LogP contribution in [0.2, 0.25) is 0 Å². The molecule has 1 atom stereocenters. The number of rotatable bonds is 9. The molecule has 2 N–H and O–H groups in total. The molecule has 188 valence electrons. The fourth-order valence-corrected chi connectivity index (χ4v) is 3.47. The molecule has 0 saturated heterocycles. The zero-order valence-electron chi connectivity index (χ0n) is 22.0. The average molecular weight is 479 g/mol. The zero-order chi connectivity index (χ0) is 26.4. The van der Waals surface area contributed by atoms with E-state index in [1.54, 1.807) is 6.92 Å². The van der Waals surface area contributed by atoms with Crippen molar-refractivity contribution in [1.82, 2.24) is 10.6 Å². The first kappa shape index (κ1) is 27.7. The Hall–Kier alpha value is -3.54. The Morgan fingerprint density at radius 3 is 1.51 bits per heavy atom. The van der Waals surface area contributed by atoms with Crippen molar-refractivity contribution in [2.45, 2.75) is 65.6 Å². The van der Waals surface area contributed by atoms with Gasteiger partial charge in [-0.2, -0.15) is 0 Å². The maximum absolute atomic E-state index is 12.4. The number of amides is 2. The molecular weight excluding hydrogens is 440 g/mol. The van der Waals surface area contributed by atoms with E-state index < -0.39 is 29.4 Å². The second-order valence-corrected chi connectivity index (χ2v) is 10.0. The summed E-state index contributed by atoms with van der Waals surface area (Å²) in [6, 6.07) is 15.7. The van der Waals surface area contributed by atoms with Crippen molar-refractivity contribution in [3.05, 3.63) is 83.9 Å². The van der Waals surface area contributed by atoms with Crippen LogP contribution in [0.25, 0.3) is 11.1 Å². The van der Waals surface area contributed by atoms with Gasteiger partial charge in [-0.3, -0.25) is 0 Å². The van der Waals surface area contributed by atoms with E-state index in [4.69, 9.17) is 9.47 Å². The number of alkyl carbamates (subject to hydrolysis) is 2. The highest BCUT2D eigenvalue weighted by Gasteiger charge is 2.26. The molecule has 0 spiro atoms. The van der Waals surface area contributed by atoms with Crippen molar-refractivity contribution in [3.63, 3.8) is 0 Å². The number of carbonyl (C=O) groups excluding carboxylic acids is 2. The Labute approximate surface area is 209 Å². The van der Waals surface area contributed by atoms with E-state index in [1.165, 1.54) is 0 Å². The van der Waals surface area contributed by atoms with E-state index in [9.17, 15) is 9.59 Å². The van der Waals surface area contributed by atoms with Crippen LogP contribution in [-0.2, 0) is 20.6 Å². The Morgan fingerprint density at radius 1 is 0.771 bits per heavy atom. The lowest BCUT2D eigenvalue weighted by atomic mass is 9.93. The summed E-state index contributed by atoms with van der Waals surface area (Å²) in [6.07, 6.45) is -1.80. The molecule has 0 heterocycles. The molecule has 0 saturated carbocycles. The number of ether oxygens (including phenoxy) is 2. The van der Waals surface area contributed by atoms with Crippen LogP contribution >= 0.6 is 0 Å². The van der Waals surface area contributed by atoms with Gasteiger partial charge in [-0.05, 0) is 70.7 Å². The third-order valence-electron chi connectivity index (χ3n) is 5.79. The molecule has 1 unspecified atom stereocenters. The minimum atomic E-state index is -0.646. The molecule has 6 heteroatoms.